The van der Waals surface area contributed by atoms with Gasteiger partial charge >= 0.3 is 0 Å². The van der Waals surface area contributed by atoms with Crippen molar-refractivity contribution in [2.24, 2.45) is 0 Å². The van der Waals surface area contributed by atoms with Gasteiger partial charge in [-0.05, 0) is 43.0 Å². The average molecular weight is 498 g/mol. The molecule has 1 saturated heterocycles. The molecule has 0 radical (unpaired) electrons. The zero-order valence-electron chi connectivity index (χ0n) is 18.1. The molecule has 3 aromatic rings. The van der Waals surface area contributed by atoms with E-state index in [1.54, 1.807) is 12.1 Å². The van der Waals surface area contributed by atoms with Crippen molar-refractivity contribution in [1.82, 2.24) is 25.0 Å². The fraction of sp³-hybridized carbons (Fsp3) is 0.174. The van der Waals surface area contributed by atoms with E-state index in [1.165, 1.54) is 30.0 Å². The molecular weight excluding hydrogens is 477 g/mol. The summed E-state index contributed by atoms with van der Waals surface area (Å²) in [7, 11) is 0. The normalized spacial score (nSPS) is 14.8. The predicted octanol–water partition coefficient (Wildman–Crippen LogP) is 3.66. The van der Waals surface area contributed by atoms with Crippen LogP contribution in [0.4, 0.5) is 9.18 Å². The highest BCUT2D eigenvalue weighted by Gasteiger charge is 2.34. The van der Waals surface area contributed by atoms with Gasteiger partial charge < -0.3 is 5.32 Å². The van der Waals surface area contributed by atoms with Crippen LogP contribution in [0.3, 0.4) is 0 Å². The van der Waals surface area contributed by atoms with E-state index in [4.69, 9.17) is 0 Å². The molecule has 34 heavy (non-hydrogen) atoms. The molecule has 0 spiro atoms. The van der Waals surface area contributed by atoms with E-state index >= 15 is 0 Å². The summed E-state index contributed by atoms with van der Waals surface area (Å²) in [6.45, 7) is 1.96. The number of benzene rings is 2. The number of para-hydroxylation sites is 1. The predicted molar refractivity (Wildman–Crippen MR) is 129 cm³/mol. The maximum atomic E-state index is 13.9. The number of carbonyl (C=O) groups excluding carboxylic acids is 3. The van der Waals surface area contributed by atoms with Crippen LogP contribution in [-0.4, -0.2) is 55.6 Å². The smallest absolute Gasteiger partial charge is 0.293 e. The van der Waals surface area contributed by atoms with Crippen molar-refractivity contribution in [1.29, 1.82) is 0 Å². The molecule has 8 nitrogen and oxygen atoms in total. The third kappa shape index (κ3) is 5.37. The second-order valence-corrected chi connectivity index (χ2v) is 9.13. The number of hydrogen-bond donors (Lipinski definition) is 1. The van der Waals surface area contributed by atoms with Crippen LogP contribution in [0.25, 0.3) is 11.8 Å². The lowest BCUT2D eigenvalue weighted by Gasteiger charge is -2.13. The summed E-state index contributed by atoms with van der Waals surface area (Å²) in [4.78, 5) is 38.3. The molecule has 4 rings (SSSR count). The number of halogens is 1. The molecule has 1 fully saturated rings. The molecule has 0 unspecified atom stereocenters. The van der Waals surface area contributed by atoms with Gasteiger partial charge in [-0.15, -0.1) is 10.2 Å². The fourth-order valence-corrected chi connectivity index (χ4v) is 4.91. The highest BCUT2D eigenvalue weighted by atomic mass is 32.2. The van der Waals surface area contributed by atoms with Crippen LogP contribution in [-0.2, 0) is 9.59 Å². The van der Waals surface area contributed by atoms with Gasteiger partial charge in [0.05, 0.1) is 10.7 Å². The van der Waals surface area contributed by atoms with E-state index in [-0.39, 0.29) is 35.2 Å². The number of rotatable bonds is 8. The Balaban J connectivity index is 1.29. The Morgan fingerprint density at radius 2 is 1.85 bits per heavy atom. The molecule has 1 aromatic heterocycles. The lowest BCUT2D eigenvalue weighted by atomic mass is 10.2. The Kier molecular flexibility index (Phi) is 7.43. The summed E-state index contributed by atoms with van der Waals surface area (Å²) in [6.07, 6.45) is 1.36. The number of hydrogen-bond acceptors (Lipinski definition) is 7. The standard InChI is InChI=1S/C23H20FN5O3S2/c1-15-26-27-22(29(15)17-8-3-2-4-9-17)33-14-20(30)25-11-12-28-21(31)19(34-23(28)32)13-16-7-5-6-10-18(16)24/h2-10,13H,11-12,14H2,1H3,(H,25,30). The summed E-state index contributed by atoms with van der Waals surface area (Å²) in [5.74, 6) is -0.443. The molecule has 1 aliphatic rings. The van der Waals surface area contributed by atoms with Gasteiger partial charge in [0, 0.05) is 24.3 Å². The quantitative estimate of drug-likeness (QED) is 0.375. The van der Waals surface area contributed by atoms with Gasteiger partial charge in [-0.1, -0.05) is 48.2 Å². The second kappa shape index (κ2) is 10.7. The summed E-state index contributed by atoms with van der Waals surface area (Å²) >= 11 is 1.99. The lowest BCUT2D eigenvalue weighted by Crippen LogP contribution is -2.37. The van der Waals surface area contributed by atoms with Crippen LogP contribution in [0.2, 0.25) is 0 Å². The number of nitrogens with one attached hydrogen (secondary N) is 1. The van der Waals surface area contributed by atoms with Crippen molar-refractivity contribution < 1.29 is 18.8 Å². The van der Waals surface area contributed by atoms with E-state index in [9.17, 15) is 18.8 Å². The number of aryl methyl sites for hydroxylation is 1. The van der Waals surface area contributed by atoms with Gasteiger partial charge in [0.2, 0.25) is 5.91 Å². The minimum Gasteiger partial charge on any atom is -0.354 e. The first kappa shape index (κ1) is 23.7. The minimum atomic E-state index is -0.506. The lowest BCUT2D eigenvalue weighted by molar-refractivity contribution is -0.123. The summed E-state index contributed by atoms with van der Waals surface area (Å²) < 4.78 is 15.7. The molecule has 1 N–H and O–H groups in total. The van der Waals surface area contributed by atoms with Gasteiger partial charge in [-0.3, -0.25) is 23.9 Å². The van der Waals surface area contributed by atoms with Crippen LogP contribution in [0.5, 0.6) is 0 Å². The van der Waals surface area contributed by atoms with Gasteiger partial charge in [0.15, 0.2) is 5.16 Å². The maximum absolute atomic E-state index is 13.9. The molecule has 0 aliphatic carbocycles. The van der Waals surface area contributed by atoms with Crippen molar-refractivity contribution in [3.63, 3.8) is 0 Å². The largest absolute Gasteiger partial charge is 0.354 e. The number of amides is 3. The molecular formula is C23H20FN5O3S2. The number of nitrogens with zero attached hydrogens (tertiary/aromatic N) is 4. The Hall–Kier alpha value is -3.44. The van der Waals surface area contributed by atoms with Gasteiger partial charge in [0.25, 0.3) is 11.1 Å². The number of carbonyl (C=O) groups is 3. The topological polar surface area (TPSA) is 97.2 Å². The molecule has 1 aliphatic heterocycles. The van der Waals surface area contributed by atoms with Crippen LogP contribution >= 0.6 is 23.5 Å². The molecule has 3 amide bonds. The number of aromatic nitrogens is 3. The Morgan fingerprint density at radius 3 is 2.62 bits per heavy atom. The van der Waals surface area contributed by atoms with Gasteiger partial charge in [0.1, 0.15) is 11.6 Å². The first-order valence-corrected chi connectivity index (χ1v) is 12.1. The van der Waals surface area contributed by atoms with Crippen LogP contribution < -0.4 is 5.32 Å². The van der Waals surface area contributed by atoms with E-state index in [0.717, 1.165) is 22.3 Å². The molecule has 2 heterocycles. The Bertz CT molecular complexity index is 1260. The first-order chi connectivity index (χ1) is 16.4. The summed E-state index contributed by atoms with van der Waals surface area (Å²) in [6, 6.07) is 15.6. The summed E-state index contributed by atoms with van der Waals surface area (Å²) in [5.41, 5.74) is 1.13. The van der Waals surface area contributed by atoms with Crippen LogP contribution in [0.1, 0.15) is 11.4 Å². The third-order valence-corrected chi connectivity index (χ3v) is 6.70. The van der Waals surface area contributed by atoms with E-state index in [1.807, 2.05) is 41.8 Å². The van der Waals surface area contributed by atoms with Gasteiger partial charge in [-0.25, -0.2) is 4.39 Å². The van der Waals surface area contributed by atoms with Gasteiger partial charge in [-0.2, -0.15) is 0 Å². The van der Waals surface area contributed by atoms with Crippen molar-refractivity contribution in [2.45, 2.75) is 12.1 Å². The van der Waals surface area contributed by atoms with Crippen molar-refractivity contribution in [2.75, 3.05) is 18.8 Å². The van der Waals surface area contributed by atoms with Crippen LogP contribution in [0.15, 0.2) is 64.7 Å². The van der Waals surface area contributed by atoms with Crippen molar-refractivity contribution in [3.8, 4) is 5.69 Å². The molecule has 0 saturated carbocycles. The van der Waals surface area contributed by atoms with Crippen LogP contribution in [0, 0.1) is 12.7 Å². The monoisotopic (exact) mass is 497 g/mol. The molecule has 11 heteroatoms. The van der Waals surface area contributed by atoms with E-state index in [2.05, 4.69) is 15.5 Å². The molecule has 2 aromatic carbocycles. The Labute approximate surface area is 203 Å². The van der Waals surface area contributed by atoms with Crippen molar-refractivity contribution in [3.05, 3.63) is 76.7 Å². The number of imide groups is 1. The highest BCUT2D eigenvalue weighted by molar-refractivity contribution is 8.18. The summed E-state index contributed by atoms with van der Waals surface area (Å²) in [5, 5.41) is 11.1. The zero-order valence-corrected chi connectivity index (χ0v) is 19.7. The third-order valence-electron chi connectivity index (χ3n) is 4.86. The van der Waals surface area contributed by atoms with E-state index in [0.29, 0.717) is 11.0 Å². The first-order valence-electron chi connectivity index (χ1n) is 10.3. The SMILES string of the molecule is Cc1nnc(SCC(=O)NCCN2C(=O)SC(=Cc3ccccc3F)C2=O)n1-c1ccccc1. The fourth-order valence-electron chi connectivity index (χ4n) is 3.23. The maximum Gasteiger partial charge on any atom is 0.293 e. The second-order valence-electron chi connectivity index (χ2n) is 7.19. The average Bonchev–Trinajstić information content (AvgIpc) is 3.33. The van der Waals surface area contributed by atoms with Crippen molar-refractivity contribution >= 4 is 46.7 Å². The molecule has 0 bridgehead atoms. The minimum absolute atomic E-state index is 0.0228. The highest BCUT2D eigenvalue weighted by Crippen LogP contribution is 2.32. The zero-order chi connectivity index (χ0) is 24.1. The Morgan fingerprint density at radius 1 is 1.12 bits per heavy atom. The molecule has 0 atom stereocenters. The number of thioether (sulfide) groups is 2. The molecule has 174 valence electrons. The van der Waals surface area contributed by atoms with E-state index < -0.39 is 17.0 Å².